The number of hydrogen-bond donors (Lipinski definition) is 2. The lowest BCUT2D eigenvalue weighted by Crippen LogP contribution is -2.34. The van der Waals surface area contributed by atoms with Crippen LogP contribution in [0.2, 0.25) is 5.02 Å². The van der Waals surface area contributed by atoms with E-state index in [1.807, 2.05) is 0 Å². The van der Waals surface area contributed by atoms with Gasteiger partial charge in [-0.1, -0.05) is 11.6 Å². The van der Waals surface area contributed by atoms with Crippen molar-refractivity contribution in [3.63, 3.8) is 0 Å². The van der Waals surface area contributed by atoms with Gasteiger partial charge in [-0.15, -0.1) is 0 Å². The highest BCUT2D eigenvalue weighted by atomic mass is 35.5. The summed E-state index contributed by atoms with van der Waals surface area (Å²) in [6.45, 7) is 2.71. The van der Waals surface area contributed by atoms with Gasteiger partial charge in [0, 0.05) is 19.2 Å². The summed E-state index contributed by atoms with van der Waals surface area (Å²) in [6, 6.07) is 1.81. The third-order valence-electron chi connectivity index (χ3n) is 3.19. The fourth-order valence-electron chi connectivity index (χ4n) is 2.26. The van der Waals surface area contributed by atoms with Crippen LogP contribution in [0.3, 0.4) is 0 Å². The smallest absolute Gasteiger partial charge is 0.150 e. The largest absolute Gasteiger partial charge is 0.390 e. The van der Waals surface area contributed by atoms with Crippen molar-refractivity contribution in [2.24, 2.45) is 0 Å². The Balaban J connectivity index is 1.87. The van der Waals surface area contributed by atoms with E-state index in [2.05, 4.69) is 10.2 Å². The fourth-order valence-corrected chi connectivity index (χ4v) is 2.52. The van der Waals surface area contributed by atoms with Crippen molar-refractivity contribution < 1.29 is 13.9 Å². The lowest BCUT2D eigenvalue weighted by atomic mass is 10.2. The van der Waals surface area contributed by atoms with Gasteiger partial charge in [0.1, 0.15) is 5.82 Å². The van der Waals surface area contributed by atoms with Crippen LogP contribution in [0.1, 0.15) is 12.8 Å². The second-order valence-corrected chi connectivity index (χ2v) is 5.19. The average Bonchev–Trinajstić information content (AvgIpc) is 2.80. The first-order chi connectivity index (χ1) is 9.06. The zero-order valence-electron chi connectivity index (χ0n) is 10.5. The highest BCUT2D eigenvalue weighted by molar-refractivity contribution is 6.33. The minimum Gasteiger partial charge on any atom is -0.390 e. The van der Waals surface area contributed by atoms with Crippen LogP contribution in [0.5, 0.6) is 0 Å². The molecule has 1 fully saturated rings. The third kappa shape index (κ3) is 4.03. The molecule has 1 heterocycles. The molecule has 1 aliphatic heterocycles. The second-order valence-electron chi connectivity index (χ2n) is 4.79. The Bertz CT molecular complexity index is 416. The summed E-state index contributed by atoms with van der Waals surface area (Å²) in [5.41, 5.74) is 0.0311. The zero-order valence-corrected chi connectivity index (χ0v) is 11.3. The van der Waals surface area contributed by atoms with Crippen LogP contribution in [0.25, 0.3) is 0 Å². The van der Waals surface area contributed by atoms with Gasteiger partial charge in [-0.2, -0.15) is 0 Å². The summed E-state index contributed by atoms with van der Waals surface area (Å²) in [4.78, 5) is 2.16. The number of aliphatic hydroxyl groups excluding tert-OH is 1. The normalized spacial score (nSPS) is 17.7. The predicted octanol–water partition coefficient (Wildman–Crippen LogP) is 2.49. The number of rotatable bonds is 5. The molecule has 0 saturated carbocycles. The highest BCUT2D eigenvalue weighted by Gasteiger charge is 2.17. The van der Waals surface area contributed by atoms with Crippen molar-refractivity contribution in [2.45, 2.75) is 18.9 Å². The predicted molar refractivity (Wildman–Crippen MR) is 71.5 cm³/mol. The number of benzene rings is 1. The molecule has 1 aromatic rings. The van der Waals surface area contributed by atoms with E-state index in [-0.39, 0.29) is 17.3 Å². The average molecular weight is 291 g/mol. The number of anilines is 1. The van der Waals surface area contributed by atoms with Gasteiger partial charge in [0.05, 0.1) is 16.8 Å². The Morgan fingerprint density at radius 3 is 2.63 bits per heavy atom. The molecule has 0 radical (unpaired) electrons. The van der Waals surface area contributed by atoms with E-state index in [1.54, 1.807) is 0 Å². The van der Waals surface area contributed by atoms with E-state index in [4.69, 9.17) is 11.6 Å². The van der Waals surface area contributed by atoms with E-state index in [9.17, 15) is 13.9 Å². The van der Waals surface area contributed by atoms with Crippen molar-refractivity contribution in [3.05, 3.63) is 28.8 Å². The van der Waals surface area contributed by atoms with Gasteiger partial charge >= 0.3 is 0 Å². The molecule has 2 rings (SSSR count). The number of nitrogens with one attached hydrogen (secondary N) is 1. The van der Waals surface area contributed by atoms with Crippen molar-refractivity contribution in [1.82, 2.24) is 4.90 Å². The molecule has 3 nitrogen and oxygen atoms in total. The van der Waals surface area contributed by atoms with Crippen molar-refractivity contribution in [2.75, 3.05) is 31.5 Å². The summed E-state index contributed by atoms with van der Waals surface area (Å²) in [5, 5.41) is 12.6. The Labute approximate surface area is 116 Å². The van der Waals surface area contributed by atoms with Crippen LogP contribution >= 0.6 is 11.6 Å². The Hall–Kier alpha value is -0.910. The highest BCUT2D eigenvalue weighted by Crippen LogP contribution is 2.26. The van der Waals surface area contributed by atoms with Crippen LogP contribution in [-0.4, -0.2) is 42.3 Å². The second kappa shape index (κ2) is 6.50. The standard InChI is InChI=1S/C13H17ClF2N2O/c14-11-5-9(15)6-12(16)13(11)17-7-10(19)8-18-3-1-2-4-18/h5-6,10,17,19H,1-4,7-8H2. The number of halogens is 3. The van der Waals surface area contributed by atoms with E-state index in [0.717, 1.165) is 38.1 Å². The van der Waals surface area contributed by atoms with Crippen LogP contribution < -0.4 is 5.32 Å². The maximum absolute atomic E-state index is 13.5. The molecule has 106 valence electrons. The zero-order chi connectivity index (χ0) is 13.8. The van der Waals surface area contributed by atoms with E-state index in [0.29, 0.717) is 6.54 Å². The topological polar surface area (TPSA) is 35.5 Å². The lowest BCUT2D eigenvalue weighted by Gasteiger charge is -2.20. The minimum absolute atomic E-state index is 0.0223. The first-order valence-corrected chi connectivity index (χ1v) is 6.73. The summed E-state index contributed by atoms with van der Waals surface area (Å²) in [7, 11) is 0. The number of likely N-dealkylation sites (tertiary alicyclic amines) is 1. The molecule has 1 saturated heterocycles. The number of aliphatic hydroxyl groups is 1. The van der Waals surface area contributed by atoms with Crippen LogP contribution in [0, 0.1) is 11.6 Å². The van der Waals surface area contributed by atoms with Crippen LogP contribution in [0.4, 0.5) is 14.5 Å². The maximum Gasteiger partial charge on any atom is 0.150 e. The summed E-state index contributed by atoms with van der Waals surface area (Å²) in [5.74, 6) is -1.47. The molecule has 0 spiro atoms. The summed E-state index contributed by atoms with van der Waals surface area (Å²) in [6.07, 6.45) is 1.69. The Morgan fingerprint density at radius 1 is 1.32 bits per heavy atom. The number of nitrogens with zero attached hydrogens (tertiary/aromatic N) is 1. The van der Waals surface area contributed by atoms with Gasteiger partial charge in [-0.05, 0) is 32.0 Å². The van der Waals surface area contributed by atoms with Crippen LogP contribution in [0.15, 0.2) is 12.1 Å². The molecule has 19 heavy (non-hydrogen) atoms. The molecule has 2 N–H and O–H groups in total. The van der Waals surface area contributed by atoms with E-state index < -0.39 is 17.7 Å². The third-order valence-corrected chi connectivity index (χ3v) is 3.49. The quantitative estimate of drug-likeness (QED) is 0.874. The molecular formula is C13H17ClF2N2O. The van der Waals surface area contributed by atoms with E-state index >= 15 is 0 Å². The van der Waals surface area contributed by atoms with Crippen molar-refractivity contribution in [1.29, 1.82) is 0 Å². The molecule has 0 aliphatic carbocycles. The number of β-amino-alcohol motifs (C(OH)–C–C–N with tert-alkyl or cyclic N) is 1. The van der Waals surface area contributed by atoms with Gasteiger partial charge in [0.15, 0.2) is 5.82 Å². The molecular weight excluding hydrogens is 274 g/mol. The first-order valence-electron chi connectivity index (χ1n) is 6.35. The van der Waals surface area contributed by atoms with Gasteiger partial charge in [0.25, 0.3) is 0 Å². The molecule has 0 bridgehead atoms. The Kier molecular flexibility index (Phi) is 4.96. The first kappa shape index (κ1) is 14.5. The molecule has 1 aromatic carbocycles. The van der Waals surface area contributed by atoms with E-state index in [1.165, 1.54) is 0 Å². The van der Waals surface area contributed by atoms with Gasteiger partial charge < -0.3 is 15.3 Å². The molecule has 0 aromatic heterocycles. The SMILES string of the molecule is OC(CNc1c(F)cc(F)cc1Cl)CN1CCCC1. The number of hydrogen-bond acceptors (Lipinski definition) is 3. The van der Waals surface area contributed by atoms with Crippen LogP contribution in [-0.2, 0) is 0 Å². The van der Waals surface area contributed by atoms with Gasteiger partial charge in [-0.25, -0.2) is 8.78 Å². The van der Waals surface area contributed by atoms with Gasteiger partial charge in [0.2, 0.25) is 0 Å². The Morgan fingerprint density at radius 2 is 2.00 bits per heavy atom. The van der Waals surface area contributed by atoms with Crippen molar-refractivity contribution >= 4 is 17.3 Å². The molecule has 0 amide bonds. The van der Waals surface area contributed by atoms with Gasteiger partial charge in [-0.3, -0.25) is 0 Å². The summed E-state index contributed by atoms with van der Waals surface area (Å²) < 4.78 is 26.4. The van der Waals surface area contributed by atoms with Crippen molar-refractivity contribution in [3.8, 4) is 0 Å². The molecule has 6 heteroatoms. The molecule has 1 aliphatic rings. The molecule has 1 atom stereocenters. The summed E-state index contributed by atoms with van der Waals surface area (Å²) >= 11 is 5.75. The molecule has 1 unspecified atom stereocenters. The lowest BCUT2D eigenvalue weighted by molar-refractivity contribution is 0.135. The fraction of sp³-hybridized carbons (Fsp3) is 0.538. The monoisotopic (exact) mass is 290 g/mol. The minimum atomic E-state index is -0.752. The maximum atomic E-state index is 13.5.